The average Bonchev–Trinajstić information content (AvgIpc) is 3.11. The Morgan fingerprint density at radius 1 is 1.04 bits per heavy atom. The Bertz CT molecular complexity index is 964. The number of hydrogen-bond donors (Lipinski definition) is 0. The highest BCUT2D eigenvalue weighted by molar-refractivity contribution is 7.18. The highest BCUT2D eigenvalue weighted by Gasteiger charge is 2.17. The summed E-state index contributed by atoms with van der Waals surface area (Å²) < 4.78 is 11.5. The van der Waals surface area contributed by atoms with Crippen LogP contribution in [0.1, 0.15) is 31.2 Å². The van der Waals surface area contributed by atoms with Crippen molar-refractivity contribution in [2.75, 3.05) is 6.61 Å². The van der Waals surface area contributed by atoms with Gasteiger partial charge in [0.05, 0.1) is 9.21 Å². The van der Waals surface area contributed by atoms with Gasteiger partial charge < -0.3 is 9.47 Å². The van der Waals surface area contributed by atoms with E-state index in [-0.39, 0.29) is 18.0 Å². The van der Waals surface area contributed by atoms with Crippen LogP contribution in [-0.4, -0.2) is 18.4 Å². The number of hydrogen-bond acceptors (Lipinski definition) is 5. The Morgan fingerprint density at radius 2 is 1.85 bits per heavy atom. The number of ketones is 1. The summed E-state index contributed by atoms with van der Waals surface area (Å²) in [5, 5.41) is 0. The number of benzene rings is 2. The van der Waals surface area contributed by atoms with Crippen molar-refractivity contribution in [3.63, 3.8) is 0 Å². The maximum atomic E-state index is 12.4. The van der Waals surface area contributed by atoms with E-state index in [4.69, 9.17) is 21.1 Å². The summed E-state index contributed by atoms with van der Waals surface area (Å²) >= 11 is 6.97. The predicted octanol–water partition coefficient (Wildman–Crippen LogP) is 5.33. The number of halogens is 1. The van der Waals surface area contributed by atoms with E-state index in [1.165, 1.54) is 0 Å². The fraction of sp³-hybridized carbons (Fsp3) is 0.143. The van der Waals surface area contributed by atoms with Crippen LogP contribution in [0.2, 0.25) is 4.34 Å². The number of carbonyl (C=O) groups is 2. The molecule has 3 aromatic rings. The zero-order valence-corrected chi connectivity index (χ0v) is 16.2. The van der Waals surface area contributed by atoms with Crippen LogP contribution in [0.5, 0.6) is 5.75 Å². The Balaban J connectivity index is 1.63. The molecule has 0 aliphatic rings. The van der Waals surface area contributed by atoms with Gasteiger partial charge in [0.25, 0.3) is 0 Å². The van der Waals surface area contributed by atoms with Gasteiger partial charge in [-0.1, -0.05) is 53.6 Å². The van der Waals surface area contributed by atoms with Crippen LogP contribution < -0.4 is 4.74 Å². The summed E-state index contributed by atoms with van der Waals surface area (Å²) in [5.41, 5.74) is 2.42. The molecule has 0 saturated heterocycles. The maximum Gasteiger partial charge on any atom is 0.342 e. The molecule has 0 bridgehead atoms. The second-order valence-corrected chi connectivity index (χ2v) is 7.59. The van der Waals surface area contributed by atoms with Gasteiger partial charge in [0.1, 0.15) is 17.9 Å². The van der Waals surface area contributed by atoms with E-state index in [2.05, 4.69) is 0 Å². The number of esters is 1. The molecule has 0 aliphatic heterocycles. The lowest BCUT2D eigenvalue weighted by Gasteiger charge is -2.11. The van der Waals surface area contributed by atoms with Gasteiger partial charge >= 0.3 is 5.97 Å². The molecule has 0 unspecified atom stereocenters. The second-order valence-electron chi connectivity index (χ2n) is 5.88. The summed E-state index contributed by atoms with van der Waals surface area (Å²) in [6.07, 6.45) is 0. The molecule has 0 aliphatic carbocycles. The van der Waals surface area contributed by atoms with Crippen molar-refractivity contribution in [1.29, 1.82) is 0 Å². The Kier molecular flexibility index (Phi) is 6.27. The van der Waals surface area contributed by atoms with E-state index < -0.39 is 5.97 Å². The fourth-order valence-electron chi connectivity index (χ4n) is 2.47. The maximum absolute atomic E-state index is 12.4. The monoisotopic (exact) mass is 400 g/mol. The minimum absolute atomic E-state index is 0.280. The van der Waals surface area contributed by atoms with Crippen LogP contribution in [0.15, 0.2) is 60.7 Å². The summed E-state index contributed by atoms with van der Waals surface area (Å²) in [5.74, 6) is -0.486. The Morgan fingerprint density at radius 3 is 2.59 bits per heavy atom. The van der Waals surface area contributed by atoms with Gasteiger partial charge in [0.15, 0.2) is 6.61 Å². The predicted molar refractivity (Wildman–Crippen MR) is 106 cm³/mol. The van der Waals surface area contributed by atoms with E-state index in [0.717, 1.165) is 22.5 Å². The number of Topliss-reactive ketones (excluding diaryl/α,β-unsaturated/α-hetero) is 1. The number of aryl methyl sites for hydroxylation is 1. The van der Waals surface area contributed by atoms with Gasteiger partial charge in [-0.05, 0) is 36.8 Å². The van der Waals surface area contributed by atoms with Gasteiger partial charge in [-0.2, -0.15) is 0 Å². The first kappa shape index (κ1) is 19.1. The van der Waals surface area contributed by atoms with Crippen molar-refractivity contribution < 1.29 is 19.1 Å². The molecule has 6 heteroatoms. The summed E-state index contributed by atoms with van der Waals surface area (Å²) in [6.45, 7) is 1.99. The van der Waals surface area contributed by atoms with E-state index in [1.54, 1.807) is 36.4 Å². The minimum atomic E-state index is -0.606. The first-order chi connectivity index (χ1) is 13.0. The molecule has 1 heterocycles. The second kappa shape index (κ2) is 8.84. The average molecular weight is 401 g/mol. The fourth-order valence-corrected chi connectivity index (χ4v) is 3.44. The van der Waals surface area contributed by atoms with Gasteiger partial charge in [0, 0.05) is 0 Å². The highest BCUT2D eigenvalue weighted by atomic mass is 35.5. The van der Waals surface area contributed by atoms with Crippen LogP contribution in [0.4, 0.5) is 0 Å². The molecular formula is C21H17ClO4S. The molecule has 0 saturated carbocycles. The van der Waals surface area contributed by atoms with Crippen molar-refractivity contribution in [3.8, 4) is 5.75 Å². The zero-order valence-electron chi connectivity index (χ0n) is 14.6. The van der Waals surface area contributed by atoms with E-state index in [0.29, 0.717) is 21.6 Å². The molecule has 4 nitrogen and oxygen atoms in total. The number of para-hydroxylation sites is 1. The lowest BCUT2D eigenvalue weighted by Crippen LogP contribution is -2.14. The summed E-state index contributed by atoms with van der Waals surface area (Å²) in [6, 6.07) is 18.0. The zero-order chi connectivity index (χ0) is 19.2. The lowest BCUT2D eigenvalue weighted by atomic mass is 10.1. The van der Waals surface area contributed by atoms with E-state index in [1.807, 2.05) is 31.2 Å². The molecule has 138 valence electrons. The summed E-state index contributed by atoms with van der Waals surface area (Å²) in [7, 11) is 0. The van der Waals surface area contributed by atoms with Crippen molar-refractivity contribution in [3.05, 3.63) is 86.6 Å². The molecule has 27 heavy (non-hydrogen) atoms. The molecule has 1 aromatic heterocycles. The van der Waals surface area contributed by atoms with E-state index >= 15 is 0 Å². The van der Waals surface area contributed by atoms with Crippen LogP contribution in [0.25, 0.3) is 0 Å². The Labute approximate surface area is 166 Å². The van der Waals surface area contributed by atoms with Gasteiger partial charge in [-0.25, -0.2) is 4.79 Å². The van der Waals surface area contributed by atoms with Crippen molar-refractivity contribution >= 4 is 34.7 Å². The first-order valence-corrected chi connectivity index (χ1v) is 9.45. The van der Waals surface area contributed by atoms with Crippen LogP contribution in [-0.2, 0) is 11.3 Å². The molecule has 0 fully saturated rings. The molecule has 0 atom stereocenters. The van der Waals surface area contributed by atoms with Crippen molar-refractivity contribution in [1.82, 2.24) is 0 Å². The quantitative estimate of drug-likeness (QED) is 0.397. The molecule has 3 rings (SSSR count). The van der Waals surface area contributed by atoms with Gasteiger partial charge in [0.2, 0.25) is 5.78 Å². The number of carbonyl (C=O) groups excluding carboxylic acids is 2. The first-order valence-electron chi connectivity index (χ1n) is 8.26. The molecule has 2 aromatic carbocycles. The SMILES string of the molecule is Cc1cccc(COc2ccccc2C(=O)OCC(=O)c2ccc(Cl)s2)c1. The lowest BCUT2D eigenvalue weighted by molar-refractivity contribution is 0.0471. The summed E-state index contributed by atoms with van der Waals surface area (Å²) in [4.78, 5) is 24.9. The largest absolute Gasteiger partial charge is 0.488 e. The van der Waals surface area contributed by atoms with E-state index in [9.17, 15) is 9.59 Å². The van der Waals surface area contributed by atoms with Crippen LogP contribution >= 0.6 is 22.9 Å². The Hall–Kier alpha value is -2.63. The number of thiophene rings is 1. The van der Waals surface area contributed by atoms with Crippen LogP contribution in [0.3, 0.4) is 0 Å². The standard InChI is InChI=1S/C21H17ClO4S/c1-14-5-4-6-15(11-14)12-25-18-8-3-2-7-16(18)21(24)26-13-17(23)19-9-10-20(22)27-19/h2-11H,12-13H2,1H3. The van der Waals surface area contributed by atoms with Crippen molar-refractivity contribution in [2.45, 2.75) is 13.5 Å². The number of ether oxygens (including phenoxy) is 2. The van der Waals surface area contributed by atoms with Gasteiger partial charge in [-0.3, -0.25) is 4.79 Å². The minimum Gasteiger partial charge on any atom is -0.488 e. The third kappa shape index (κ3) is 5.18. The highest BCUT2D eigenvalue weighted by Crippen LogP contribution is 2.23. The van der Waals surface area contributed by atoms with Crippen LogP contribution in [0, 0.1) is 6.92 Å². The molecule has 0 N–H and O–H groups in total. The molecular weight excluding hydrogens is 384 g/mol. The topological polar surface area (TPSA) is 52.6 Å². The number of rotatable bonds is 7. The molecule has 0 spiro atoms. The molecule has 0 radical (unpaired) electrons. The smallest absolute Gasteiger partial charge is 0.342 e. The molecule has 0 amide bonds. The third-order valence-corrected chi connectivity index (χ3v) is 5.04. The van der Waals surface area contributed by atoms with Gasteiger partial charge in [-0.15, -0.1) is 11.3 Å². The normalized spacial score (nSPS) is 10.4. The van der Waals surface area contributed by atoms with Crippen molar-refractivity contribution in [2.24, 2.45) is 0 Å². The third-order valence-electron chi connectivity index (χ3n) is 3.77.